The Kier molecular flexibility index (Phi) is 6.21. The third-order valence-corrected chi connectivity index (χ3v) is 5.23. The molecule has 3 heteroatoms. The quantitative estimate of drug-likeness (QED) is 0.635. The number of hydrogen-bond donors (Lipinski definition) is 0. The van der Waals surface area contributed by atoms with E-state index in [1.165, 1.54) is 32.1 Å². The van der Waals surface area contributed by atoms with Crippen molar-refractivity contribution < 1.29 is 9.47 Å². The van der Waals surface area contributed by atoms with Crippen LogP contribution in [0.25, 0.3) is 0 Å². The second-order valence-corrected chi connectivity index (χ2v) is 6.36. The van der Waals surface area contributed by atoms with Gasteiger partial charge in [0.2, 0.25) is 0 Å². The van der Waals surface area contributed by atoms with E-state index in [9.17, 15) is 0 Å². The van der Waals surface area contributed by atoms with Gasteiger partial charge in [0.05, 0.1) is 13.2 Å². The Morgan fingerprint density at radius 1 is 1.00 bits per heavy atom. The summed E-state index contributed by atoms with van der Waals surface area (Å²) >= 11 is 3.68. The number of hydrogen-bond acceptors (Lipinski definition) is 2. The molecule has 0 atom stereocenters. The minimum absolute atomic E-state index is 0.329. The molecule has 0 heterocycles. The van der Waals surface area contributed by atoms with Gasteiger partial charge < -0.3 is 9.47 Å². The van der Waals surface area contributed by atoms with Crippen LogP contribution >= 0.6 is 15.9 Å². The summed E-state index contributed by atoms with van der Waals surface area (Å²) in [5.41, 5.74) is 0.329. The van der Waals surface area contributed by atoms with Crippen LogP contribution in [0.1, 0.15) is 45.4 Å². The highest BCUT2D eigenvalue weighted by molar-refractivity contribution is 9.09. The van der Waals surface area contributed by atoms with Crippen molar-refractivity contribution in [3.05, 3.63) is 24.3 Å². The molecule has 0 spiro atoms. The summed E-state index contributed by atoms with van der Waals surface area (Å²) in [6.07, 6.45) is 7.62. The Labute approximate surface area is 131 Å². The Hall–Kier alpha value is -0.700. The van der Waals surface area contributed by atoms with Gasteiger partial charge in [-0.15, -0.1) is 0 Å². The first-order chi connectivity index (χ1) is 9.78. The van der Waals surface area contributed by atoms with Gasteiger partial charge in [-0.1, -0.05) is 42.1 Å². The number of alkyl halides is 1. The Balaban J connectivity index is 1.86. The van der Waals surface area contributed by atoms with Crippen LogP contribution in [-0.2, 0) is 0 Å². The van der Waals surface area contributed by atoms with Crippen LogP contribution in [0.15, 0.2) is 24.3 Å². The van der Waals surface area contributed by atoms with Gasteiger partial charge in [0.25, 0.3) is 0 Å². The Bertz CT molecular complexity index is 382. The average Bonchev–Trinajstić information content (AvgIpc) is 2.53. The maximum absolute atomic E-state index is 6.01. The molecule has 0 radical (unpaired) electrons. The largest absolute Gasteiger partial charge is 0.494 e. The molecule has 0 N–H and O–H groups in total. The van der Waals surface area contributed by atoms with Crippen LogP contribution < -0.4 is 9.47 Å². The summed E-state index contributed by atoms with van der Waals surface area (Å²) in [7, 11) is 0. The van der Waals surface area contributed by atoms with Gasteiger partial charge in [0.1, 0.15) is 11.5 Å². The van der Waals surface area contributed by atoms with E-state index in [0.29, 0.717) is 5.41 Å². The normalized spacial score (nSPS) is 17.7. The molecule has 112 valence electrons. The molecule has 0 saturated heterocycles. The highest BCUT2D eigenvalue weighted by Gasteiger charge is 2.31. The molecule has 0 aliphatic heterocycles. The Morgan fingerprint density at radius 3 is 2.15 bits per heavy atom. The van der Waals surface area contributed by atoms with Crippen LogP contribution in [0.4, 0.5) is 0 Å². The van der Waals surface area contributed by atoms with Gasteiger partial charge in [0, 0.05) is 10.7 Å². The van der Waals surface area contributed by atoms with E-state index in [1.807, 2.05) is 24.3 Å². The second-order valence-electron chi connectivity index (χ2n) is 5.80. The molecule has 1 aliphatic carbocycles. The van der Waals surface area contributed by atoms with E-state index in [-0.39, 0.29) is 0 Å². The molecule has 1 aromatic carbocycles. The van der Waals surface area contributed by atoms with E-state index in [2.05, 4.69) is 22.9 Å². The van der Waals surface area contributed by atoms with Crippen molar-refractivity contribution in [1.29, 1.82) is 0 Å². The van der Waals surface area contributed by atoms with Crippen LogP contribution in [0.5, 0.6) is 11.5 Å². The number of benzene rings is 1. The molecular weight excluding hydrogens is 316 g/mol. The number of rotatable bonds is 7. The second kappa shape index (κ2) is 7.92. The van der Waals surface area contributed by atoms with Crippen LogP contribution in [0, 0.1) is 5.41 Å². The highest BCUT2D eigenvalue weighted by atomic mass is 79.9. The van der Waals surface area contributed by atoms with Crippen LogP contribution in [0.3, 0.4) is 0 Å². The Morgan fingerprint density at radius 2 is 1.60 bits per heavy atom. The van der Waals surface area contributed by atoms with Crippen molar-refractivity contribution in [3.63, 3.8) is 0 Å². The minimum atomic E-state index is 0.329. The van der Waals surface area contributed by atoms with Gasteiger partial charge in [-0.05, 0) is 43.5 Å². The first-order valence-electron chi connectivity index (χ1n) is 7.70. The summed E-state index contributed by atoms with van der Waals surface area (Å²) in [6, 6.07) is 8.00. The maximum atomic E-state index is 6.01. The van der Waals surface area contributed by atoms with Crippen molar-refractivity contribution in [1.82, 2.24) is 0 Å². The third kappa shape index (κ3) is 4.41. The lowest BCUT2D eigenvalue weighted by Gasteiger charge is -2.35. The first-order valence-corrected chi connectivity index (χ1v) is 8.82. The fourth-order valence-electron chi connectivity index (χ4n) is 2.71. The number of halogens is 1. The predicted molar refractivity (Wildman–Crippen MR) is 87.0 cm³/mol. The molecule has 20 heavy (non-hydrogen) atoms. The first kappa shape index (κ1) is 15.7. The topological polar surface area (TPSA) is 18.5 Å². The molecule has 0 bridgehead atoms. The summed E-state index contributed by atoms with van der Waals surface area (Å²) < 4.78 is 11.6. The van der Waals surface area contributed by atoms with E-state index < -0.39 is 0 Å². The van der Waals surface area contributed by atoms with Crippen molar-refractivity contribution in [2.75, 3.05) is 18.5 Å². The van der Waals surface area contributed by atoms with E-state index in [0.717, 1.165) is 36.5 Å². The van der Waals surface area contributed by atoms with Crippen molar-refractivity contribution in [2.45, 2.75) is 45.4 Å². The summed E-state index contributed by atoms with van der Waals surface area (Å²) in [5.74, 6) is 1.87. The number of ether oxygens (including phenoxy) is 2. The van der Waals surface area contributed by atoms with Crippen molar-refractivity contribution >= 4 is 15.9 Å². The monoisotopic (exact) mass is 340 g/mol. The van der Waals surface area contributed by atoms with Gasteiger partial charge in [0.15, 0.2) is 0 Å². The zero-order chi connectivity index (χ0) is 14.3. The summed E-state index contributed by atoms with van der Waals surface area (Å²) in [4.78, 5) is 0. The van der Waals surface area contributed by atoms with Gasteiger partial charge in [-0.2, -0.15) is 0 Å². The molecule has 1 aliphatic rings. The van der Waals surface area contributed by atoms with E-state index >= 15 is 0 Å². The standard InChI is InChI=1S/C17H25BrO2/c1-2-12-19-15-6-8-16(9-7-15)20-14-17(13-18)10-4-3-5-11-17/h6-9H,2-5,10-14H2,1H3. The van der Waals surface area contributed by atoms with Gasteiger partial charge >= 0.3 is 0 Å². The minimum Gasteiger partial charge on any atom is -0.494 e. The summed E-state index contributed by atoms with van der Waals surface area (Å²) in [6.45, 7) is 3.70. The molecular formula is C17H25BrO2. The zero-order valence-electron chi connectivity index (χ0n) is 12.4. The highest BCUT2D eigenvalue weighted by Crippen LogP contribution is 2.38. The molecule has 2 nitrogen and oxygen atoms in total. The lowest BCUT2D eigenvalue weighted by molar-refractivity contribution is 0.122. The molecule has 0 unspecified atom stereocenters. The van der Waals surface area contributed by atoms with Crippen molar-refractivity contribution in [2.24, 2.45) is 5.41 Å². The fraction of sp³-hybridized carbons (Fsp3) is 0.647. The van der Waals surface area contributed by atoms with Gasteiger partial charge in [-0.3, -0.25) is 0 Å². The SMILES string of the molecule is CCCOc1ccc(OCC2(CBr)CCCCC2)cc1. The molecule has 0 amide bonds. The van der Waals surface area contributed by atoms with Crippen LogP contribution in [-0.4, -0.2) is 18.5 Å². The van der Waals surface area contributed by atoms with Crippen molar-refractivity contribution in [3.8, 4) is 11.5 Å². The molecule has 1 saturated carbocycles. The zero-order valence-corrected chi connectivity index (χ0v) is 14.0. The lowest BCUT2D eigenvalue weighted by atomic mass is 9.76. The van der Waals surface area contributed by atoms with E-state index in [4.69, 9.17) is 9.47 Å². The maximum Gasteiger partial charge on any atom is 0.119 e. The molecule has 1 aromatic rings. The lowest BCUT2D eigenvalue weighted by Crippen LogP contribution is -2.32. The average molecular weight is 341 g/mol. The van der Waals surface area contributed by atoms with Crippen LogP contribution in [0.2, 0.25) is 0 Å². The fourth-order valence-corrected chi connectivity index (χ4v) is 3.43. The van der Waals surface area contributed by atoms with E-state index in [1.54, 1.807) is 0 Å². The molecule has 1 fully saturated rings. The molecule has 2 rings (SSSR count). The smallest absolute Gasteiger partial charge is 0.119 e. The summed E-state index contributed by atoms with van der Waals surface area (Å²) in [5, 5.41) is 1.04. The third-order valence-electron chi connectivity index (χ3n) is 4.04. The predicted octanol–water partition coefficient (Wildman–Crippen LogP) is 5.20. The molecule has 0 aromatic heterocycles. The van der Waals surface area contributed by atoms with Gasteiger partial charge in [-0.25, -0.2) is 0 Å².